The molecule has 30 heavy (non-hydrogen) atoms. The monoisotopic (exact) mass is 448 g/mol. The Morgan fingerprint density at radius 1 is 1.27 bits per heavy atom. The van der Waals surface area contributed by atoms with Gasteiger partial charge in [-0.15, -0.1) is 0 Å². The minimum atomic E-state index is -4.66. The third-order valence-electron chi connectivity index (χ3n) is 3.77. The van der Waals surface area contributed by atoms with Crippen LogP contribution in [-0.2, 0) is 25.0 Å². The van der Waals surface area contributed by atoms with E-state index in [9.17, 15) is 19.3 Å². The van der Waals surface area contributed by atoms with Crippen molar-refractivity contribution in [2.45, 2.75) is 52.2 Å². The Balaban J connectivity index is 2.86. The highest BCUT2D eigenvalue weighted by atomic mass is 31.2. The van der Waals surface area contributed by atoms with Crippen molar-refractivity contribution in [2.75, 3.05) is 12.5 Å². The average molecular weight is 448 g/mol. The van der Waals surface area contributed by atoms with E-state index in [1.165, 1.54) is 6.07 Å². The zero-order valence-corrected chi connectivity index (χ0v) is 18.2. The number of nitrogens with two attached hydrogens (primary N) is 1. The molecule has 1 unspecified atom stereocenters. The molecule has 0 spiro atoms. The van der Waals surface area contributed by atoms with Crippen molar-refractivity contribution in [3.8, 4) is 5.75 Å². The number of carbonyl (C=O) groups excluding carboxylic acids is 1. The van der Waals surface area contributed by atoms with Gasteiger partial charge in [-0.1, -0.05) is 13.0 Å². The van der Waals surface area contributed by atoms with Crippen LogP contribution in [0.15, 0.2) is 18.2 Å². The number of amides is 1. The van der Waals surface area contributed by atoms with Gasteiger partial charge in [0.2, 0.25) is 0 Å². The summed E-state index contributed by atoms with van der Waals surface area (Å²) >= 11 is 0. The van der Waals surface area contributed by atoms with Gasteiger partial charge in [0, 0.05) is 6.04 Å². The average Bonchev–Trinajstić information content (AvgIpc) is 2.53. The molecule has 1 aromatic rings. The van der Waals surface area contributed by atoms with E-state index in [1.807, 2.05) is 0 Å². The number of phosphoric ester groups is 1. The van der Waals surface area contributed by atoms with Crippen LogP contribution in [0.2, 0.25) is 0 Å². The summed E-state index contributed by atoms with van der Waals surface area (Å²) in [6.45, 7) is 6.01. The molecule has 1 aromatic carbocycles. The van der Waals surface area contributed by atoms with Gasteiger partial charge in [-0.25, -0.2) is 13.9 Å². The van der Waals surface area contributed by atoms with Crippen molar-refractivity contribution in [1.82, 2.24) is 5.32 Å². The van der Waals surface area contributed by atoms with Gasteiger partial charge < -0.3 is 35.4 Å². The second-order valence-electron chi connectivity index (χ2n) is 7.78. The fourth-order valence-corrected chi connectivity index (χ4v) is 2.68. The second kappa shape index (κ2) is 10.6. The molecule has 0 saturated carbocycles. The predicted molar refractivity (Wildman–Crippen MR) is 108 cm³/mol. The van der Waals surface area contributed by atoms with E-state index in [2.05, 4.69) is 9.84 Å². The van der Waals surface area contributed by atoms with E-state index < -0.39 is 44.2 Å². The van der Waals surface area contributed by atoms with Gasteiger partial charge in [0.05, 0.1) is 11.6 Å². The van der Waals surface area contributed by atoms with Crippen molar-refractivity contribution in [2.24, 2.45) is 5.92 Å². The van der Waals surface area contributed by atoms with Crippen LogP contribution < -0.4 is 15.8 Å². The summed E-state index contributed by atoms with van der Waals surface area (Å²) in [6.07, 6.45) is -0.212. The Morgan fingerprint density at radius 3 is 2.40 bits per heavy atom. The van der Waals surface area contributed by atoms with E-state index in [0.29, 0.717) is 5.56 Å². The summed E-state index contributed by atoms with van der Waals surface area (Å²) in [5.41, 5.74) is 6.07. The van der Waals surface area contributed by atoms with Gasteiger partial charge in [-0.05, 0) is 51.3 Å². The zero-order chi connectivity index (χ0) is 23.1. The molecule has 11 nitrogen and oxygen atoms in total. The number of hydrogen-bond acceptors (Lipinski definition) is 7. The number of carboxylic acids is 1. The van der Waals surface area contributed by atoms with Crippen LogP contribution in [0, 0.1) is 5.92 Å². The zero-order valence-electron chi connectivity index (χ0n) is 17.3. The lowest BCUT2D eigenvalue weighted by atomic mass is 9.96. The molecular weight excluding hydrogens is 419 g/mol. The minimum absolute atomic E-state index is 0.155. The van der Waals surface area contributed by atoms with Crippen molar-refractivity contribution < 1.29 is 43.0 Å². The van der Waals surface area contributed by atoms with Crippen LogP contribution >= 0.6 is 7.82 Å². The second-order valence-corrected chi connectivity index (χ2v) is 9.02. The minimum Gasteiger partial charge on any atom is -0.481 e. The predicted octanol–water partition coefficient (Wildman–Crippen LogP) is 2.26. The molecule has 1 rings (SSSR count). The lowest BCUT2D eigenvalue weighted by Crippen LogP contribution is -2.41. The summed E-state index contributed by atoms with van der Waals surface area (Å²) in [5, 5.41) is 11.9. The van der Waals surface area contributed by atoms with E-state index in [4.69, 9.17) is 25.0 Å². The molecule has 170 valence electrons. The highest BCUT2D eigenvalue weighted by molar-refractivity contribution is 7.46. The molecule has 0 aliphatic rings. The van der Waals surface area contributed by atoms with Crippen LogP contribution in [0.25, 0.3) is 0 Å². The molecule has 6 N–H and O–H groups in total. The number of aliphatic carboxylic acids is 1. The smallest absolute Gasteiger partial charge is 0.472 e. The maximum atomic E-state index is 12.1. The first-order valence-electron chi connectivity index (χ1n) is 9.10. The summed E-state index contributed by atoms with van der Waals surface area (Å²) in [5.74, 6) is -1.53. The first kappa shape index (κ1) is 25.7. The van der Waals surface area contributed by atoms with E-state index in [0.717, 1.165) is 0 Å². The molecule has 0 fully saturated rings. The highest BCUT2D eigenvalue weighted by Gasteiger charge is 2.24. The van der Waals surface area contributed by atoms with Crippen LogP contribution in [0.1, 0.15) is 39.7 Å². The van der Waals surface area contributed by atoms with Gasteiger partial charge in [-0.3, -0.25) is 4.79 Å². The molecule has 0 aliphatic heterocycles. The lowest BCUT2D eigenvalue weighted by Gasteiger charge is -2.25. The molecule has 0 aliphatic carbocycles. The van der Waals surface area contributed by atoms with Crippen molar-refractivity contribution in [3.63, 3.8) is 0 Å². The van der Waals surface area contributed by atoms with Gasteiger partial charge in [-0.2, -0.15) is 0 Å². The molecular formula is C18H29N2O9P. The van der Waals surface area contributed by atoms with Gasteiger partial charge >= 0.3 is 19.9 Å². The maximum Gasteiger partial charge on any atom is 0.472 e. The van der Waals surface area contributed by atoms with Crippen molar-refractivity contribution in [1.29, 1.82) is 0 Å². The Bertz CT molecular complexity index is 788. The summed E-state index contributed by atoms with van der Waals surface area (Å²) in [7, 11) is -4.66. The van der Waals surface area contributed by atoms with Crippen LogP contribution in [0.3, 0.4) is 0 Å². The highest BCUT2D eigenvalue weighted by Crippen LogP contribution is 2.36. The number of benzene rings is 1. The molecule has 0 radical (unpaired) electrons. The molecule has 1 amide bonds. The molecule has 0 bridgehead atoms. The van der Waals surface area contributed by atoms with E-state index in [1.54, 1.807) is 39.8 Å². The molecule has 0 saturated heterocycles. The molecule has 2 atom stereocenters. The van der Waals surface area contributed by atoms with Gasteiger partial charge in [0.1, 0.15) is 11.4 Å². The number of carboxylic acid groups (broad SMARTS) is 1. The maximum absolute atomic E-state index is 12.1. The number of alkyl carbamates (subject to hydrolysis) is 1. The number of carbonyl (C=O) groups is 2. The number of anilines is 1. The normalized spacial score (nSPS) is 13.9. The van der Waals surface area contributed by atoms with Crippen molar-refractivity contribution >= 4 is 25.6 Å². The topological polar surface area (TPSA) is 178 Å². The van der Waals surface area contributed by atoms with Gasteiger partial charge in [0.25, 0.3) is 0 Å². The van der Waals surface area contributed by atoms with E-state index in [-0.39, 0.29) is 24.3 Å². The van der Waals surface area contributed by atoms with Crippen molar-refractivity contribution in [3.05, 3.63) is 23.8 Å². The standard InChI is InChI=1S/C18H29N2O9P/c1-11(16(21)22)7-13(20-17(23)29-18(2,3)4)8-12-5-6-15(14(19)9-12)27-10-28-30(24,25)26/h5-6,9,11,13H,7-8,10,19H2,1-4H3,(H,20,23)(H,21,22)(H2,24,25,26)/t11?,13-/m1/s1. The molecule has 12 heteroatoms. The summed E-state index contributed by atoms with van der Waals surface area (Å²) in [6, 6.07) is 4.15. The number of ether oxygens (including phenoxy) is 2. The largest absolute Gasteiger partial charge is 0.481 e. The number of nitrogen functional groups attached to an aromatic ring is 1. The Morgan fingerprint density at radius 2 is 1.90 bits per heavy atom. The molecule has 0 aromatic heterocycles. The lowest BCUT2D eigenvalue weighted by molar-refractivity contribution is -0.141. The van der Waals surface area contributed by atoms with Crippen LogP contribution in [0.4, 0.5) is 10.5 Å². The SMILES string of the molecule is CC(C[C@H](Cc1ccc(OCOP(=O)(O)O)c(N)c1)NC(=O)OC(C)(C)C)C(=O)O. The number of rotatable bonds is 10. The first-order valence-corrected chi connectivity index (χ1v) is 10.6. The Kier molecular flexibility index (Phi) is 9.10. The Hall–Kier alpha value is -2.33. The summed E-state index contributed by atoms with van der Waals surface area (Å²) in [4.78, 5) is 40.7. The Labute approximate surface area is 174 Å². The third-order valence-corrected chi connectivity index (χ3v) is 4.21. The van der Waals surface area contributed by atoms with Gasteiger partial charge in [0.15, 0.2) is 6.79 Å². The quantitative estimate of drug-likeness (QED) is 0.203. The number of hydrogen-bond donors (Lipinski definition) is 5. The van der Waals surface area contributed by atoms with Crippen LogP contribution in [0.5, 0.6) is 5.75 Å². The van der Waals surface area contributed by atoms with E-state index >= 15 is 0 Å². The first-order chi connectivity index (χ1) is 13.7. The number of phosphoric acid groups is 1. The number of nitrogens with one attached hydrogen (secondary N) is 1. The fourth-order valence-electron chi connectivity index (χ4n) is 2.49. The molecule has 0 heterocycles. The fraction of sp³-hybridized carbons (Fsp3) is 0.556. The third kappa shape index (κ3) is 10.4. The summed E-state index contributed by atoms with van der Waals surface area (Å²) < 4.78 is 25.2. The van der Waals surface area contributed by atoms with Crippen LogP contribution in [-0.4, -0.2) is 45.4 Å².